The molecule has 0 aliphatic carbocycles. The lowest BCUT2D eigenvalue weighted by atomic mass is 9.81. The molecule has 3 nitrogen and oxygen atoms in total. The van der Waals surface area contributed by atoms with Crippen molar-refractivity contribution in [2.45, 2.75) is 53.5 Å². The standard InChI is InChI=1S/C12H26N2O/c1-9(2)12(4,5)8-14-11(15)7-6-10(3)13/h9-10H,6-8,13H2,1-5H3,(H,14,15). The van der Waals surface area contributed by atoms with E-state index < -0.39 is 0 Å². The summed E-state index contributed by atoms with van der Waals surface area (Å²) in [6.45, 7) is 11.4. The van der Waals surface area contributed by atoms with Gasteiger partial charge in [-0.2, -0.15) is 0 Å². The van der Waals surface area contributed by atoms with E-state index in [2.05, 4.69) is 33.0 Å². The van der Waals surface area contributed by atoms with Crippen LogP contribution in [-0.4, -0.2) is 18.5 Å². The van der Waals surface area contributed by atoms with Gasteiger partial charge in [-0.25, -0.2) is 0 Å². The van der Waals surface area contributed by atoms with Gasteiger partial charge in [-0.05, 0) is 24.7 Å². The first-order chi connectivity index (χ1) is 6.75. The minimum Gasteiger partial charge on any atom is -0.356 e. The van der Waals surface area contributed by atoms with Crippen LogP contribution in [0.4, 0.5) is 0 Å². The van der Waals surface area contributed by atoms with Gasteiger partial charge in [-0.1, -0.05) is 27.7 Å². The van der Waals surface area contributed by atoms with E-state index in [1.807, 2.05) is 6.92 Å². The third-order valence-corrected chi connectivity index (χ3v) is 3.13. The Kier molecular flexibility index (Phi) is 5.88. The van der Waals surface area contributed by atoms with Crippen molar-refractivity contribution >= 4 is 5.91 Å². The van der Waals surface area contributed by atoms with Crippen LogP contribution in [0.1, 0.15) is 47.5 Å². The second kappa shape index (κ2) is 6.11. The van der Waals surface area contributed by atoms with Gasteiger partial charge in [0.15, 0.2) is 0 Å². The molecule has 90 valence electrons. The minimum atomic E-state index is 0.105. The first-order valence-electron chi connectivity index (χ1n) is 5.78. The van der Waals surface area contributed by atoms with E-state index in [1.165, 1.54) is 0 Å². The largest absolute Gasteiger partial charge is 0.356 e. The predicted molar refractivity (Wildman–Crippen MR) is 64.5 cm³/mol. The maximum atomic E-state index is 11.5. The number of rotatable bonds is 6. The Labute approximate surface area is 93.8 Å². The summed E-state index contributed by atoms with van der Waals surface area (Å²) in [7, 11) is 0. The highest BCUT2D eigenvalue weighted by Crippen LogP contribution is 2.24. The van der Waals surface area contributed by atoms with Crippen LogP contribution in [0.5, 0.6) is 0 Å². The number of amides is 1. The van der Waals surface area contributed by atoms with Gasteiger partial charge >= 0.3 is 0 Å². The van der Waals surface area contributed by atoms with E-state index in [1.54, 1.807) is 0 Å². The molecule has 0 radical (unpaired) electrons. The summed E-state index contributed by atoms with van der Waals surface area (Å²) in [6.07, 6.45) is 1.29. The summed E-state index contributed by atoms with van der Waals surface area (Å²) in [5, 5.41) is 2.97. The first kappa shape index (κ1) is 14.4. The Hall–Kier alpha value is -0.570. The van der Waals surface area contributed by atoms with Gasteiger partial charge in [0.25, 0.3) is 0 Å². The topological polar surface area (TPSA) is 55.1 Å². The van der Waals surface area contributed by atoms with Crippen molar-refractivity contribution in [2.75, 3.05) is 6.54 Å². The summed E-state index contributed by atoms with van der Waals surface area (Å²) < 4.78 is 0. The van der Waals surface area contributed by atoms with Crippen LogP contribution >= 0.6 is 0 Å². The highest BCUT2D eigenvalue weighted by molar-refractivity contribution is 5.75. The van der Waals surface area contributed by atoms with Crippen molar-refractivity contribution in [2.24, 2.45) is 17.1 Å². The molecule has 0 spiro atoms. The molecule has 0 aliphatic heterocycles. The third kappa shape index (κ3) is 6.50. The van der Waals surface area contributed by atoms with Crippen molar-refractivity contribution in [3.63, 3.8) is 0 Å². The number of carbonyl (C=O) groups is 1. The fourth-order valence-corrected chi connectivity index (χ4v) is 0.978. The Morgan fingerprint density at radius 1 is 1.33 bits per heavy atom. The van der Waals surface area contributed by atoms with Crippen molar-refractivity contribution in [1.29, 1.82) is 0 Å². The van der Waals surface area contributed by atoms with Crippen LogP contribution in [0.3, 0.4) is 0 Å². The molecule has 0 saturated heterocycles. The molecule has 0 heterocycles. The molecular weight excluding hydrogens is 188 g/mol. The predicted octanol–water partition coefficient (Wildman–Crippen LogP) is 1.91. The smallest absolute Gasteiger partial charge is 0.220 e. The van der Waals surface area contributed by atoms with Crippen LogP contribution in [0.15, 0.2) is 0 Å². The molecule has 0 aromatic heterocycles. The van der Waals surface area contributed by atoms with E-state index in [0.717, 1.165) is 13.0 Å². The zero-order chi connectivity index (χ0) is 12.1. The summed E-state index contributed by atoms with van der Waals surface area (Å²) in [5.41, 5.74) is 5.75. The molecule has 1 atom stereocenters. The van der Waals surface area contributed by atoms with Crippen LogP contribution in [0, 0.1) is 11.3 Å². The van der Waals surface area contributed by atoms with Gasteiger partial charge < -0.3 is 11.1 Å². The molecule has 15 heavy (non-hydrogen) atoms. The number of carbonyl (C=O) groups excluding carboxylic acids is 1. The molecule has 0 saturated carbocycles. The Morgan fingerprint density at radius 3 is 2.27 bits per heavy atom. The Balaban J connectivity index is 3.80. The monoisotopic (exact) mass is 214 g/mol. The molecule has 0 aliphatic rings. The average molecular weight is 214 g/mol. The third-order valence-electron chi connectivity index (χ3n) is 3.13. The lowest BCUT2D eigenvalue weighted by molar-refractivity contribution is -0.121. The van der Waals surface area contributed by atoms with E-state index in [9.17, 15) is 4.79 Å². The maximum Gasteiger partial charge on any atom is 0.220 e. The molecule has 0 bridgehead atoms. The highest BCUT2D eigenvalue weighted by atomic mass is 16.1. The Morgan fingerprint density at radius 2 is 1.87 bits per heavy atom. The van der Waals surface area contributed by atoms with E-state index >= 15 is 0 Å². The molecule has 1 unspecified atom stereocenters. The molecule has 3 N–H and O–H groups in total. The van der Waals surface area contributed by atoms with E-state index in [0.29, 0.717) is 12.3 Å². The molecule has 0 fully saturated rings. The molecule has 3 heteroatoms. The van der Waals surface area contributed by atoms with Gasteiger partial charge in [-0.3, -0.25) is 4.79 Å². The van der Waals surface area contributed by atoms with E-state index in [-0.39, 0.29) is 17.4 Å². The fraction of sp³-hybridized carbons (Fsp3) is 0.917. The molecule has 0 rings (SSSR count). The van der Waals surface area contributed by atoms with Crippen LogP contribution < -0.4 is 11.1 Å². The second-order valence-corrected chi connectivity index (χ2v) is 5.44. The maximum absolute atomic E-state index is 11.5. The molecule has 1 amide bonds. The van der Waals surface area contributed by atoms with Crippen LogP contribution in [0.2, 0.25) is 0 Å². The summed E-state index contributed by atoms with van der Waals surface area (Å²) in [4.78, 5) is 11.5. The SMILES string of the molecule is CC(N)CCC(=O)NCC(C)(C)C(C)C. The normalized spacial score (nSPS) is 14.1. The zero-order valence-corrected chi connectivity index (χ0v) is 10.8. The number of nitrogens with two attached hydrogens (primary N) is 1. The van der Waals surface area contributed by atoms with Gasteiger partial charge in [0.05, 0.1) is 0 Å². The number of hydrogen-bond donors (Lipinski definition) is 2. The fourth-order valence-electron chi connectivity index (χ4n) is 0.978. The second-order valence-electron chi connectivity index (χ2n) is 5.44. The summed E-state index contributed by atoms with van der Waals surface area (Å²) in [5.74, 6) is 0.673. The van der Waals surface area contributed by atoms with Gasteiger partial charge in [-0.15, -0.1) is 0 Å². The quantitative estimate of drug-likeness (QED) is 0.709. The number of hydrogen-bond acceptors (Lipinski definition) is 2. The summed E-state index contributed by atoms with van der Waals surface area (Å²) in [6, 6.07) is 0.105. The van der Waals surface area contributed by atoms with Gasteiger partial charge in [0, 0.05) is 19.0 Å². The Bertz CT molecular complexity index is 198. The van der Waals surface area contributed by atoms with Crippen molar-refractivity contribution in [3.8, 4) is 0 Å². The minimum absolute atomic E-state index is 0.105. The van der Waals surface area contributed by atoms with Gasteiger partial charge in [0.1, 0.15) is 0 Å². The molecular formula is C12H26N2O. The first-order valence-corrected chi connectivity index (χ1v) is 5.78. The van der Waals surface area contributed by atoms with Crippen molar-refractivity contribution in [3.05, 3.63) is 0 Å². The summed E-state index contributed by atoms with van der Waals surface area (Å²) >= 11 is 0. The van der Waals surface area contributed by atoms with E-state index in [4.69, 9.17) is 5.73 Å². The zero-order valence-electron chi connectivity index (χ0n) is 10.8. The molecule has 0 aromatic rings. The highest BCUT2D eigenvalue weighted by Gasteiger charge is 2.22. The number of nitrogens with one attached hydrogen (secondary N) is 1. The molecule has 0 aromatic carbocycles. The van der Waals surface area contributed by atoms with Gasteiger partial charge in [0.2, 0.25) is 5.91 Å². The lowest BCUT2D eigenvalue weighted by Crippen LogP contribution is -2.37. The average Bonchev–Trinajstić information content (AvgIpc) is 2.11. The van der Waals surface area contributed by atoms with Crippen molar-refractivity contribution in [1.82, 2.24) is 5.32 Å². The van der Waals surface area contributed by atoms with Crippen molar-refractivity contribution < 1.29 is 4.79 Å². The lowest BCUT2D eigenvalue weighted by Gasteiger charge is -2.29. The van der Waals surface area contributed by atoms with Crippen LogP contribution in [-0.2, 0) is 4.79 Å². The van der Waals surface area contributed by atoms with Crippen LogP contribution in [0.25, 0.3) is 0 Å².